The number of nitro benzene ring substituents is 1. The summed E-state index contributed by atoms with van der Waals surface area (Å²) in [6.45, 7) is 5.40. The highest BCUT2D eigenvalue weighted by Gasteiger charge is 2.47. The van der Waals surface area contributed by atoms with Gasteiger partial charge in [-0.15, -0.1) is 5.10 Å². The highest BCUT2D eigenvalue weighted by Crippen LogP contribution is 2.42. The monoisotopic (exact) mass is 543 g/mol. The van der Waals surface area contributed by atoms with Gasteiger partial charge in [-0.2, -0.15) is 4.68 Å². The number of ether oxygens (including phenoxy) is 1. The zero-order chi connectivity index (χ0) is 28.5. The fraction of sp³-hybridized carbons (Fsp3) is 0.520. The number of anilines is 1. The number of urea groups is 1. The average Bonchev–Trinajstić information content (AvgIpc) is 3.39. The van der Waals surface area contributed by atoms with Crippen molar-refractivity contribution in [1.29, 1.82) is 0 Å². The highest BCUT2D eigenvalue weighted by atomic mass is 16.6. The zero-order valence-corrected chi connectivity index (χ0v) is 22.3. The number of nitrogens with zero attached hydrogens (tertiary/aromatic N) is 5. The van der Waals surface area contributed by atoms with Crippen molar-refractivity contribution in [1.82, 2.24) is 24.9 Å². The third-order valence-electron chi connectivity index (χ3n) is 7.26. The van der Waals surface area contributed by atoms with E-state index < -0.39 is 22.5 Å². The summed E-state index contributed by atoms with van der Waals surface area (Å²) in [5.74, 6) is -0.369. The molecular formula is C25H33N7O7. The van der Waals surface area contributed by atoms with E-state index in [2.05, 4.69) is 15.7 Å². The number of hydrogen-bond donors (Lipinski definition) is 3. The summed E-state index contributed by atoms with van der Waals surface area (Å²) in [4.78, 5) is 52.5. The lowest BCUT2D eigenvalue weighted by Gasteiger charge is -2.37. The van der Waals surface area contributed by atoms with Gasteiger partial charge in [0.15, 0.2) is 5.82 Å². The highest BCUT2D eigenvalue weighted by molar-refractivity contribution is 6.04. The van der Waals surface area contributed by atoms with Gasteiger partial charge in [0, 0.05) is 49.1 Å². The fourth-order valence-electron chi connectivity index (χ4n) is 5.25. The van der Waals surface area contributed by atoms with Crippen molar-refractivity contribution in [2.24, 2.45) is 5.92 Å². The van der Waals surface area contributed by atoms with Crippen LogP contribution in [0.2, 0.25) is 0 Å². The number of aromatic nitrogens is 2. The van der Waals surface area contributed by atoms with Gasteiger partial charge in [0.25, 0.3) is 11.6 Å². The van der Waals surface area contributed by atoms with Crippen molar-refractivity contribution >= 4 is 29.5 Å². The minimum absolute atomic E-state index is 0.00778. The molecule has 1 saturated heterocycles. The number of carbonyl (C=O) groups is 3. The molecule has 0 bridgehead atoms. The number of benzene rings is 1. The van der Waals surface area contributed by atoms with Crippen LogP contribution in [0.15, 0.2) is 24.3 Å². The van der Waals surface area contributed by atoms with E-state index in [1.54, 1.807) is 18.7 Å². The first kappa shape index (κ1) is 28.0. The second-order valence-corrected chi connectivity index (χ2v) is 10.5. The summed E-state index contributed by atoms with van der Waals surface area (Å²) < 4.78 is 6.27. The Bertz CT molecular complexity index is 1270. The van der Waals surface area contributed by atoms with Gasteiger partial charge in [-0.3, -0.25) is 14.9 Å². The molecule has 2 aliphatic heterocycles. The van der Waals surface area contributed by atoms with Crippen molar-refractivity contribution in [2.45, 2.75) is 44.8 Å². The number of amides is 3. The van der Waals surface area contributed by atoms with Crippen molar-refractivity contribution in [3.05, 3.63) is 51.2 Å². The van der Waals surface area contributed by atoms with E-state index in [0.29, 0.717) is 25.3 Å². The van der Waals surface area contributed by atoms with Crippen LogP contribution in [0.3, 0.4) is 0 Å². The largest absolute Gasteiger partial charge is 0.463 e. The van der Waals surface area contributed by atoms with Crippen molar-refractivity contribution in [2.75, 3.05) is 39.2 Å². The number of carboxylic acid groups (broad SMARTS) is 1. The summed E-state index contributed by atoms with van der Waals surface area (Å²) in [7, 11) is 3.88. The van der Waals surface area contributed by atoms with E-state index in [0.717, 1.165) is 17.5 Å². The molecule has 39 heavy (non-hydrogen) atoms. The van der Waals surface area contributed by atoms with E-state index in [1.165, 1.54) is 24.3 Å². The van der Waals surface area contributed by atoms with Crippen molar-refractivity contribution in [3.63, 3.8) is 0 Å². The Hall–Kier alpha value is -4.04. The Morgan fingerprint density at radius 1 is 1.23 bits per heavy atom. The molecular weight excluding hydrogens is 510 g/mol. The molecule has 3 amide bonds. The van der Waals surface area contributed by atoms with E-state index in [1.807, 2.05) is 19.0 Å². The molecule has 0 radical (unpaired) electrons. The standard InChI is InChI=1S/C25H33N7O7/c1-25(2)20-18(13-30(25)23(34)26-19(14-29(3)4)15-9-11-39-12-10-15)21(28-31(20)24(35)36)27-22(33)16-5-7-17(8-6-16)32(37)38/h5-8,15,19H,9-14H2,1-4H3,(H,26,34)(H,35,36)(H,27,28,33). The van der Waals surface area contributed by atoms with Crippen molar-refractivity contribution in [3.8, 4) is 0 Å². The summed E-state index contributed by atoms with van der Waals surface area (Å²) in [6.07, 6.45) is 0.301. The Morgan fingerprint density at radius 2 is 1.87 bits per heavy atom. The molecule has 0 spiro atoms. The summed E-state index contributed by atoms with van der Waals surface area (Å²) >= 11 is 0. The van der Waals surface area contributed by atoms with Crippen LogP contribution in [0.1, 0.15) is 48.3 Å². The van der Waals surface area contributed by atoms with Crippen LogP contribution in [-0.4, -0.2) is 87.5 Å². The Kier molecular flexibility index (Phi) is 7.88. The maximum absolute atomic E-state index is 13.6. The average molecular weight is 544 g/mol. The normalized spacial score (nSPS) is 17.5. The van der Waals surface area contributed by atoms with Gasteiger partial charge >= 0.3 is 12.1 Å². The lowest BCUT2D eigenvalue weighted by molar-refractivity contribution is -0.384. The third-order valence-corrected chi connectivity index (χ3v) is 7.26. The molecule has 4 rings (SSSR count). The summed E-state index contributed by atoms with van der Waals surface area (Å²) in [5, 5.41) is 30.6. The second-order valence-electron chi connectivity index (χ2n) is 10.5. The van der Waals surface area contributed by atoms with E-state index >= 15 is 0 Å². The zero-order valence-electron chi connectivity index (χ0n) is 22.3. The number of likely N-dealkylation sites (N-methyl/N-ethyl adjacent to an activating group) is 1. The minimum atomic E-state index is -1.36. The number of nitrogens with one attached hydrogen (secondary N) is 2. The predicted octanol–water partition coefficient (Wildman–Crippen LogP) is 2.69. The second kappa shape index (κ2) is 11.0. The molecule has 3 heterocycles. The molecule has 14 nitrogen and oxygen atoms in total. The Labute approximate surface area is 225 Å². The first-order valence-electron chi connectivity index (χ1n) is 12.6. The maximum atomic E-state index is 13.6. The number of nitro groups is 1. The minimum Gasteiger partial charge on any atom is -0.463 e. The molecule has 1 fully saturated rings. The summed E-state index contributed by atoms with van der Waals surface area (Å²) in [5.41, 5.74) is -0.407. The third kappa shape index (κ3) is 5.71. The van der Waals surface area contributed by atoms with Gasteiger partial charge in [0.05, 0.1) is 22.7 Å². The van der Waals surface area contributed by atoms with E-state index in [4.69, 9.17) is 4.74 Å². The molecule has 14 heteroatoms. The molecule has 0 aliphatic carbocycles. The quantitative estimate of drug-likeness (QED) is 0.351. The molecule has 1 aromatic carbocycles. The van der Waals surface area contributed by atoms with Gasteiger partial charge in [0.2, 0.25) is 0 Å². The molecule has 0 saturated carbocycles. The van der Waals surface area contributed by atoms with Gasteiger partial charge in [0.1, 0.15) is 0 Å². The topological polar surface area (TPSA) is 172 Å². The number of carbonyl (C=O) groups excluding carboxylic acids is 2. The van der Waals surface area contributed by atoms with Gasteiger partial charge in [-0.05, 0) is 58.8 Å². The summed E-state index contributed by atoms with van der Waals surface area (Å²) in [6, 6.07) is 4.52. The van der Waals surface area contributed by atoms with Crippen molar-refractivity contribution < 1.29 is 29.2 Å². The Balaban J connectivity index is 1.59. The Morgan fingerprint density at radius 3 is 2.44 bits per heavy atom. The van der Waals surface area contributed by atoms with Crippen LogP contribution in [0.5, 0.6) is 0 Å². The number of hydrogen-bond acceptors (Lipinski definition) is 8. The van der Waals surface area contributed by atoms with Crippen LogP contribution in [0.25, 0.3) is 0 Å². The first-order chi connectivity index (χ1) is 18.4. The fourth-order valence-corrected chi connectivity index (χ4v) is 5.25. The number of rotatable bonds is 7. The molecule has 2 aromatic rings. The maximum Gasteiger partial charge on any atom is 0.432 e. The molecule has 1 unspecified atom stereocenters. The SMILES string of the molecule is CN(C)CC(NC(=O)N1Cc2c(NC(=O)c3ccc([N+](=O)[O-])cc3)nn(C(=O)O)c2C1(C)C)C1CCOCC1. The lowest BCUT2D eigenvalue weighted by Crippen LogP contribution is -2.54. The molecule has 1 aromatic heterocycles. The number of non-ortho nitro benzene ring substituents is 1. The van der Waals surface area contributed by atoms with Crippen LogP contribution in [0.4, 0.5) is 21.1 Å². The van der Waals surface area contributed by atoms with Gasteiger partial charge < -0.3 is 30.3 Å². The van der Waals surface area contributed by atoms with Crippen LogP contribution < -0.4 is 10.6 Å². The van der Waals surface area contributed by atoms with Gasteiger partial charge in [-0.25, -0.2) is 9.59 Å². The van der Waals surface area contributed by atoms with E-state index in [-0.39, 0.29) is 47.3 Å². The molecule has 2 aliphatic rings. The predicted molar refractivity (Wildman–Crippen MR) is 140 cm³/mol. The van der Waals surface area contributed by atoms with E-state index in [9.17, 15) is 29.6 Å². The van der Waals surface area contributed by atoms with Crippen LogP contribution in [-0.2, 0) is 16.8 Å². The lowest BCUT2D eigenvalue weighted by atomic mass is 9.91. The molecule has 210 valence electrons. The molecule has 3 N–H and O–H groups in total. The molecule has 1 atom stereocenters. The van der Waals surface area contributed by atoms with Crippen LogP contribution in [0, 0.1) is 16.0 Å². The first-order valence-corrected chi connectivity index (χ1v) is 12.6. The smallest absolute Gasteiger partial charge is 0.432 e. The van der Waals surface area contributed by atoms with Crippen LogP contribution >= 0.6 is 0 Å². The van der Waals surface area contributed by atoms with Gasteiger partial charge in [-0.1, -0.05) is 0 Å². The number of fused-ring (bicyclic) bond motifs is 1.